The monoisotopic (exact) mass is 380 g/mol. The van der Waals surface area contributed by atoms with Gasteiger partial charge in [0, 0.05) is 18.8 Å². The molecule has 0 saturated heterocycles. The lowest BCUT2D eigenvalue weighted by atomic mass is 9.82. The minimum atomic E-state index is -4.31. The number of aromatic nitrogens is 1. The van der Waals surface area contributed by atoms with Gasteiger partial charge in [0.25, 0.3) is 5.91 Å². The van der Waals surface area contributed by atoms with Crippen LogP contribution in [0.5, 0.6) is 5.88 Å². The van der Waals surface area contributed by atoms with Crippen LogP contribution in [0.3, 0.4) is 0 Å². The Hall–Kier alpha value is -2.39. The van der Waals surface area contributed by atoms with Crippen molar-refractivity contribution in [2.45, 2.75) is 39.0 Å². The molecule has 0 fully saturated rings. The normalized spacial score (nSPS) is 12.1. The minimum Gasteiger partial charge on any atom is -0.481 e. The summed E-state index contributed by atoms with van der Waals surface area (Å²) in [6.45, 7) is 1.77. The van der Waals surface area contributed by atoms with Crippen molar-refractivity contribution in [2.75, 3.05) is 13.2 Å². The maximum absolute atomic E-state index is 12.8. The summed E-state index contributed by atoms with van der Waals surface area (Å²) in [7, 11) is 0. The molecular formula is C16H20F4N2O4. The Morgan fingerprint density at radius 2 is 1.88 bits per heavy atom. The molecule has 146 valence electrons. The zero-order valence-corrected chi connectivity index (χ0v) is 14.3. The molecule has 1 amide bonds. The van der Waals surface area contributed by atoms with Gasteiger partial charge in [-0.3, -0.25) is 9.59 Å². The molecule has 0 bridgehead atoms. The number of amides is 1. The number of halogens is 4. The Kier molecular flexibility index (Phi) is 7.34. The summed E-state index contributed by atoms with van der Waals surface area (Å²) in [5.74, 6) is -6.28. The van der Waals surface area contributed by atoms with Gasteiger partial charge >= 0.3 is 18.3 Å². The summed E-state index contributed by atoms with van der Waals surface area (Å²) >= 11 is 0. The fourth-order valence-electron chi connectivity index (χ4n) is 2.06. The van der Waals surface area contributed by atoms with Crippen molar-refractivity contribution >= 4 is 11.9 Å². The van der Waals surface area contributed by atoms with Crippen molar-refractivity contribution in [3.63, 3.8) is 0 Å². The number of alkyl halides is 4. The van der Waals surface area contributed by atoms with E-state index in [9.17, 15) is 32.3 Å². The van der Waals surface area contributed by atoms with Gasteiger partial charge in [0.15, 0.2) is 6.61 Å². The van der Waals surface area contributed by atoms with Gasteiger partial charge in [-0.25, -0.2) is 13.8 Å². The van der Waals surface area contributed by atoms with E-state index in [1.54, 1.807) is 13.8 Å². The number of nitrogens with zero attached hydrogens (tertiary/aromatic N) is 1. The van der Waals surface area contributed by atoms with Crippen molar-refractivity contribution in [1.29, 1.82) is 0 Å². The van der Waals surface area contributed by atoms with Gasteiger partial charge in [-0.2, -0.15) is 8.78 Å². The van der Waals surface area contributed by atoms with Crippen molar-refractivity contribution in [3.05, 3.63) is 23.9 Å². The number of hydrogen-bond acceptors (Lipinski definition) is 4. The van der Waals surface area contributed by atoms with Crippen LogP contribution in [-0.2, 0) is 4.79 Å². The molecule has 10 heteroatoms. The van der Waals surface area contributed by atoms with Crippen LogP contribution in [0.1, 0.15) is 37.0 Å². The second kappa shape index (κ2) is 8.81. The molecule has 0 radical (unpaired) electrons. The average molecular weight is 380 g/mol. The number of nitrogens with one attached hydrogen (secondary N) is 1. The number of aliphatic carboxylic acids is 1. The molecule has 0 aliphatic heterocycles. The molecule has 0 saturated carbocycles. The lowest BCUT2D eigenvalue weighted by Crippen LogP contribution is -2.42. The van der Waals surface area contributed by atoms with Gasteiger partial charge in [-0.05, 0) is 18.9 Å². The number of pyridine rings is 1. The highest BCUT2D eigenvalue weighted by atomic mass is 19.3. The molecule has 1 aromatic rings. The lowest BCUT2D eigenvalue weighted by molar-refractivity contribution is -0.149. The van der Waals surface area contributed by atoms with Crippen molar-refractivity contribution < 1.29 is 37.0 Å². The van der Waals surface area contributed by atoms with E-state index in [2.05, 4.69) is 15.0 Å². The zero-order chi connectivity index (χ0) is 20.0. The summed E-state index contributed by atoms with van der Waals surface area (Å²) in [5, 5.41) is 11.8. The summed E-state index contributed by atoms with van der Waals surface area (Å²) in [6.07, 6.45) is -2.20. The number of ether oxygens (including phenoxy) is 1. The quantitative estimate of drug-likeness (QED) is 0.609. The van der Waals surface area contributed by atoms with Crippen molar-refractivity contribution in [3.8, 4) is 5.88 Å². The molecule has 1 heterocycles. The first kappa shape index (κ1) is 21.7. The number of hydrogen-bond donors (Lipinski definition) is 2. The molecular weight excluding hydrogens is 360 g/mol. The second-order valence-electron chi connectivity index (χ2n) is 5.71. The molecule has 1 rings (SSSR count). The minimum absolute atomic E-state index is 0.0458. The molecule has 0 spiro atoms. The van der Waals surface area contributed by atoms with Crippen LogP contribution >= 0.6 is 0 Å². The van der Waals surface area contributed by atoms with Gasteiger partial charge in [0.05, 0.1) is 11.0 Å². The number of carbonyl (C=O) groups is 2. The van der Waals surface area contributed by atoms with Crippen molar-refractivity contribution in [1.82, 2.24) is 10.3 Å². The van der Waals surface area contributed by atoms with E-state index in [0.29, 0.717) is 12.8 Å². The summed E-state index contributed by atoms with van der Waals surface area (Å²) in [4.78, 5) is 27.0. The Labute approximate surface area is 147 Å². The lowest BCUT2D eigenvalue weighted by Gasteiger charge is -2.26. The Bertz CT molecular complexity index is 619. The average Bonchev–Trinajstić information content (AvgIpc) is 2.61. The molecule has 0 aliphatic carbocycles. The van der Waals surface area contributed by atoms with E-state index in [4.69, 9.17) is 0 Å². The SMILES string of the molecule is CCC(CC)(CNC(=O)c1ccc(OCC(F)(F)C(F)F)nc1)C(=O)O. The van der Waals surface area contributed by atoms with Gasteiger partial charge < -0.3 is 15.2 Å². The summed E-state index contributed by atoms with van der Waals surface area (Å²) in [5.41, 5.74) is -1.04. The number of carbonyl (C=O) groups excluding carboxylic acids is 1. The third kappa shape index (κ3) is 5.30. The van der Waals surface area contributed by atoms with Crippen LogP contribution in [0.4, 0.5) is 17.6 Å². The molecule has 2 N–H and O–H groups in total. The van der Waals surface area contributed by atoms with Gasteiger partial charge in [-0.15, -0.1) is 0 Å². The van der Waals surface area contributed by atoms with Crippen molar-refractivity contribution in [2.24, 2.45) is 5.41 Å². The summed E-state index contributed by atoms with van der Waals surface area (Å²) < 4.78 is 54.1. The standard InChI is InChI=1S/C16H20F4N2O4/c1-3-15(4-2,14(24)25)8-22-12(23)10-5-6-11(21-7-10)26-9-16(19,20)13(17)18/h5-7,13H,3-4,8-9H2,1-2H3,(H,22,23)(H,24,25). The predicted molar refractivity (Wildman–Crippen MR) is 83.7 cm³/mol. The molecule has 26 heavy (non-hydrogen) atoms. The molecule has 0 aliphatic rings. The highest BCUT2D eigenvalue weighted by Crippen LogP contribution is 2.26. The van der Waals surface area contributed by atoms with E-state index in [0.717, 1.165) is 12.3 Å². The fraction of sp³-hybridized carbons (Fsp3) is 0.562. The maximum Gasteiger partial charge on any atom is 0.340 e. The maximum atomic E-state index is 12.8. The Morgan fingerprint density at radius 3 is 2.31 bits per heavy atom. The van der Waals surface area contributed by atoms with Gasteiger partial charge in [0.2, 0.25) is 5.88 Å². The summed E-state index contributed by atoms with van der Waals surface area (Å²) in [6, 6.07) is 2.29. The van der Waals surface area contributed by atoms with E-state index >= 15 is 0 Å². The third-order valence-electron chi connectivity index (χ3n) is 4.12. The first-order valence-electron chi connectivity index (χ1n) is 7.84. The number of rotatable bonds is 10. The predicted octanol–water partition coefficient (Wildman–Crippen LogP) is 2.98. The van der Waals surface area contributed by atoms with E-state index in [1.807, 2.05) is 0 Å². The van der Waals surface area contributed by atoms with Crippen LogP contribution in [0.2, 0.25) is 0 Å². The number of carboxylic acid groups (broad SMARTS) is 1. The highest BCUT2D eigenvalue weighted by molar-refractivity contribution is 5.94. The van der Waals surface area contributed by atoms with Crippen LogP contribution in [-0.4, -0.2) is 47.5 Å². The molecule has 6 nitrogen and oxygen atoms in total. The van der Waals surface area contributed by atoms with E-state index < -0.39 is 36.2 Å². The second-order valence-corrected chi connectivity index (χ2v) is 5.71. The Balaban J connectivity index is 2.68. The zero-order valence-electron chi connectivity index (χ0n) is 14.3. The third-order valence-corrected chi connectivity index (χ3v) is 4.12. The molecule has 0 unspecified atom stereocenters. The molecule has 0 aromatic carbocycles. The molecule has 0 atom stereocenters. The first-order chi connectivity index (χ1) is 12.1. The van der Waals surface area contributed by atoms with E-state index in [1.165, 1.54) is 6.07 Å². The topological polar surface area (TPSA) is 88.5 Å². The Morgan fingerprint density at radius 1 is 1.27 bits per heavy atom. The highest BCUT2D eigenvalue weighted by Gasteiger charge is 2.41. The van der Waals surface area contributed by atoms with Crippen LogP contribution in [0.25, 0.3) is 0 Å². The largest absolute Gasteiger partial charge is 0.481 e. The van der Waals surface area contributed by atoms with Crippen LogP contribution < -0.4 is 10.1 Å². The smallest absolute Gasteiger partial charge is 0.340 e. The van der Waals surface area contributed by atoms with Crippen LogP contribution in [0.15, 0.2) is 18.3 Å². The number of carboxylic acids is 1. The van der Waals surface area contributed by atoms with Gasteiger partial charge in [-0.1, -0.05) is 13.8 Å². The van der Waals surface area contributed by atoms with E-state index in [-0.39, 0.29) is 18.0 Å². The molecule has 1 aromatic heterocycles. The fourth-order valence-corrected chi connectivity index (χ4v) is 2.06. The van der Waals surface area contributed by atoms with Gasteiger partial charge in [0.1, 0.15) is 0 Å². The first-order valence-corrected chi connectivity index (χ1v) is 7.84. The van der Waals surface area contributed by atoms with Crippen LogP contribution in [0, 0.1) is 5.41 Å².